The smallest absolute Gasteiger partial charge is 0.261 e. The Labute approximate surface area is 161 Å². The van der Waals surface area contributed by atoms with Gasteiger partial charge in [0.25, 0.3) is 5.91 Å². The zero-order valence-corrected chi connectivity index (χ0v) is 15.4. The topological polar surface area (TPSA) is 51.9 Å². The van der Waals surface area contributed by atoms with Crippen molar-refractivity contribution in [1.29, 1.82) is 0 Å². The van der Waals surface area contributed by atoms with Crippen molar-refractivity contribution in [3.63, 3.8) is 0 Å². The fourth-order valence-corrected chi connectivity index (χ4v) is 3.10. The molecule has 0 aliphatic heterocycles. The lowest BCUT2D eigenvalue weighted by Crippen LogP contribution is -2.16. The highest BCUT2D eigenvalue weighted by Crippen LogP contribution is 2.24. The Hall–Kier alpha value is -3.31. The third-order valence-corrected chi connectivity index (χ3v) is 4.47. The van der Waals surface area contributed by atoms with E-state index in [9.17, 15) is 4.79 Å². The van der Waals surface area contributed by atoms with Crippen molar-refractivity contribution in [2.75, 3.05) is 5.32 Å². The second-order valence-electron chi connectivity index (χ2n) is 6.08. The van der Waals surface area contributed by atoms with Crippen LogP contribution in [0.1, 0.15) is 16.1 Å². The number of aromatic nitrogens is 3. The Bertz CT molecular complexity index is 1070. The van der Waals surface area contributed by atoms with Crippen LogP contribution in [0.15, 0.2) is 79.1 Å². The van der Waals surface area contributed by atoms with Crippen molar-refractivity contribution in [3.05, 3.63) is 95.4 Å². The maximum absolute atomic E-state index is 13.1. The number of carbonyl (C=O) groups is 1. The molecule has 27 heavy (non-hydrogen) atoms. The molecule has 0 saturated heterocycles. The van der Waals surface area contributed by atoms with Crippen LogP contribution in [0.5, 0.6) is 0 Å². The highest BCUT2D eigenvalue weighted by molar-refractivity contribution is 6.30. The van der Waals surface area contributed by atoms with Crippen LogP contribution in [-0.2, 0) is 0 Å². The third-order valence-electron chi connectivity index (χ3n) is 4.21. The molecule has 6 heteroatoms. The summed E-state index contributed by atoms with van der Waals surface area (Å²) in [4.78, 5) is 13.1. The van der Waals surface area contributed by atoms with Crippen LogP contribution in [0.25, 0.3) is 11.5 Å². The van der Waals surface area contributed by atoms with Gasteiger partial charge < -0.3 is 9.88 Å². The van der Waals surface area contributed by atoms with E-state index in [0.717, 1.165) is 5.69 Å². The predicted octanol–water partition coefficient (Wildman–Crippen LogP) is 4.88. The van der Waals surface area contributed by atoms with Gasteiger partial charge in [0, 0.05) is 23.1 Å². The van der Waals surface area contributed by atoms with E-state index in [4.69, 9.17) is 11.6 Å². The van der Waals surface area contributed by atoms with E-state index in [1.165, 1.54) is 0 Å². The number of aryl methyl sites for hydroxylation is 1. The minimum absolute atomic E-state index is 0.222. The van der Waals surface area contributed by atoms with E-state index in [0.29, 0.717) is 27.8 Å². The number of para-hydroxylation sites is 1. The average Bonchev–Trinajstić information content (AvgIpc) is 3.31. The molecule has 0 fully saturated rings. The van der Waals surface area contributed by atoms with Crippen molar-refractivity contribution < 1.29 is 4.79 Å². The summed E-state index contributed by atoms with van der Waals surface area (Å²) < 4.78 is 3.68. The molecule has 2 heterocycles. The van der Waals surface area contributed by atoms with E-state index in [1.54, 1.807) is 28.9 Å². The third kappa shape index (κ3) is 3.37. The normalized spacial score (nSPS) is 10.7. The lowest BCUT2D eigenvalue weighted by molar-refractivity contribution is 0.102. The average molecular weight is 377 g/mol. The van der Waals surface area contributed by atoms with E-state index >= 15 is 0 Å². The van der Waals surface area contributed by atoms with Crippen molar-refractivity contribution in [2.45, 2.75) is 6.92 Å². The summed E-state index contributed by atoms with van der Waals surface area (Å²) in [6.07, 6.45) is 3.80. The minimum atomic E-state index is -0.222. The Morgan fingerprint density at radius 3 is 2.30 bits per heavy atom. The fourth-order valence-electron chi connectivity index (χ4n) is 2.97. The summed E-state index contributed by atoms with van der Waals surface area (Å²) in [5.41, 5.74) is 2.73. The summed E-state index contributed by atoms with van der Waals surface area (Å²) in [6, 6.07) is 20.6. The summed E-state index contributed by atoms with van der Waals surface area (Å²) in [5, 5.41) is 8.18. The predicted molar refractivity (Wildman–Crippen MR) is 107 cm³/mol. The number of hydrogen-bond donors (Lipinski definition) is 1. The molecule has 0 radical (unpaired) electrons. The van der Waals surface area contributed by atoms with E-state index in [1.807, 2.05) is 66.3 Å². The van der Waals surface area contributed by atoms with Crippen LogP contribution in [0.2, 0.25) is 5.02 Å². The molecule has 1 amide bonds. The van der Waals surface area contributed by atoms with Crippen molar-refractivity contribution >= 4 is 23.2 Å². The van der Waals surface area contributed by atoms with Gasteiger partial charge in [-0.2, -0.15) is 5.10 Å². The first-order valence-electron chi connectivity index (χ1n) is 8.49. The van der Waals surface area contributed by atoms with Gasteiger partial charge in [-0.25, -0.2) is 4.68 Å². The number of hydrogen-bond acceptors (Lipinski definition) is 2. The van der Waals surface area contributed by atoms with E-state index in [2.05, 4.69) is 10.4 Å². The van der Waals surface area contributed by atoms with Gasteiger partial charge >= 0.3 is 0 Å². The summed E-state index contributed by atoms with van der Waals surface area (Å²) in [6.45, 7) is 1.84. The number of amides is 1. The van der Waals surface area contributed by atoms with Gasteiger partial charge in [-0.15, -0.1) is 0 Å². The molecule has 2 aromatic carbocycles. The number of halogens is 1. The summed E-state index contributed by atoms with van der Waals surface area (Å²) in [5.74, 6) is 0.468. The number of nitrogens with zero attached hydrogens (tertiary/aromatic N) is 3. The monoisotopic (exact) mass is 376 g/mol. The molecule has 0 bridgehead atoms. The molecule has 134 valence electrons. The largest absolute Gasteiger partial charge is 0.322 e. The molecule has 0 atom stereocenters. The highest BCUT2D eigenvalue weighted by Gasteiger charge is 2.23. The van der Waals surface area contributed by atoms with Gasteiger partial charge in [0.2, 0.25) is 0 Å². The van der Waals surface area contributed by atoms with Crippen LogP contribution >= 0.6 is 11.6 Å². The second kappa shape index (κ2) is 7.13. The highest BCUT2D eigenvalue weighted by atomic mass is 35.5. The summed E-state index contributed by atoms with van der Waals surface area (Å²) >= 11 is 5.93. The van der Waals surface area contributed by atoms with Crippen LogP contribution in [-0.4, -0.2) is 20.3 Å². The first-order chi connectivity index (χ1) is 13.1. The number of benzene rings is 2. The molecule has 0 aliphatic carbocycles. The van der Waals surface area contributed by atoms with Crippen LogP contribution < -0.4 is 5.32 Å². The molecule has 4 rings (SSSR count). The van der Waals surface area contributed by atoms with E-state index < -0.39 is 0 Å². The van der Waals surface area contributed by atoms with Crippen molar-refractivity contribution in [2.24, 2.45) is 0 Å². The molecule has 4 aromatic rings. The first-order valence-corrected chi connectivity index (χ1v) is 8.86. The molecule has 1 N–H and O–H groups in total. The standard InChI is InChI=1S/C21H17ClN4O/c1-15-19(20(27)23-17-11-9-16(22)10-12-17)21(25-13-5-6-14-25)26(24-15)18-7-3-2-4-8-18/h2-14H,1H3,(H,23,27). The van der Waals surface area contributed by atoms with Gasteiger partial charge in [-0.1, -0.05) is 29.8 Å². The van der Waals surface area contributed by atoms with Gasteiger partial charge in [0.05, 0.1) is 11.4 Å². The maximum Gasteiger partial charge on any atom is 0.261 e. The van der Waals surface area contributed by atoms with Gasteiger partial charge in [-0.3, -0.25) is 4.79 Å². The van der Waals surface area contributed by atoms with E-state index in [-0.39, 0.29) is 5.91 Å². The zero-order valence-electron chi connectivity index (χ0n) is 14.6. The van der Waals surface area contributed by atoms with Gasteiger partial charge in [-0.05, 0) is 55.5 Å². The minimum Gasteiger partial charge on any atom is -0.322 e. The number of anilines is 1. The van der Waals surface area contributed by atoms with Crippen LogP contribution in [0, 0.1) is 6.92 Å². The van der Waals surface area contributed by atoms with Gasteiger partial charge in [0.1, 0.15) is 5.56 Å². The Balaban J connectivity index is 1.81. The number of rotatable bonds is 4. The second-order valence-corrected chi connectivity index (χ2v) is 6.52. The van der Waals surface area contributed by atoms with Crippen molar-refractivity contribution in [3.8, 4) is 11.5 Å². The Kier molecular flexibility index (Phi) is 4.52. The molecule has 0 aliphatic rings. The number of carbonyl (C=O) groups excluding carboxylic acids is 1. The number of nitrogens with one attached hydrogen (secondary N) is 1. The quantitative estimate of drug-likeness (QED) is 0.552. The molecule has 2 aromatic heterocycles. The Morgan fingerprint density at radius 2 is 1.63 bits per heavy atom. The molecular weight excluding hydrogens is 360 g/mol. The SMILES string of the molecule is Cc1nn(-c2ccccc2)c(-n2cccc2)c1C(=O)Nc1ccc(Cl)cc1. The van der Waals surface area contributed by atoms with Crippen LogP contribution in [0.3, 0.4) is 0 Å². The zero-order chi connectivity index (χ0) is 18.8. The van der Waals surface area contributed by atoms with Crippen LogP contribution in [0.4, 0.5) is 5.69 Å². The molecule has 5 nitrogen and oxygen atoms in total. The lowest BCUT2D eigenvalue weighted by atomic mass is 10.2. The molecular formula is C21H17ClN4O. The van der Waals surface area contributed by atoms with Crippen molar-refractivity contribution in [1.82, 2.24) is 14.3 Å². The fraction of sp³-hybridized carbons (Fsp3) is 0.0476. The van der Waals surface area contributed by atoms with Gasteiger partial charge in [0.15, 0.2) is 5.82 Å². The molecule has 0 unspecified atom stereocenters. The summed E-state index contributed by atoms with van der Waals surface area (Å²) in [7, 11) is 0. The first kappa shape index (κ1) is 17.1. The lowest BCUT2D eigenvalue weighted by Gasteiger charge is -2.11. The maximum atomic E-state index is 13.1. The Morgan fingerprint density at radius 1 is 0.963 bits per heavy atom. The molecule has 0 saturated carbocycles. The molecule has 0 spiro atoms.